The summed E-state index contributed by atoms with van der Waals surface area (Å²) in [6.45, 7) is 0. The van der Waals surface area contributed by atoms with Crippen LogP contribution >= 0.6 is 11.3 Å². The fourth-order valence-electron chi connectivity index (χ4n) is 0.575. The molecule has 0 fully saturated rings. The van der Waals surface area contributed by atoms with Gasteiger partial charge in [0, 0.05) is 0 Å². The van der Waals surface area contributed by atoms with Gasteiger partial charge in [0.15, 0.2) is 0 Å². The number of nitrogens with zero attached hydrogens (tertiary/aromatic N) is 1. The second kappa shape index (κ2) is 3.14. The summed E-state index contributed by atoms with van der Waals surface area (Å²) in [5.41, 5.74) is 1.48. The SMILES string of the molecule is N#Cc1ccc(C(=O)NO)s1. The summed E-state index contributed by atoms with van der Waals surface area (Å²) in [6, 6.07) is 4.89. The second-order valence-corrected chi connectivity index (χ2v) is 2.80. The summed E-state index contributed by atoms with van der Waals surface area (Å²) in [5, 5.41) is 16.6. The topological polar surface area (TPSA) is 73.1 Å². The zero-order chi connectivity index (χ0) is 8.27. The standard InChI is InChI=1S/C6H4N2O2S/c7-3-4-1-2-5(11-4)6(9)8-10/h1-2,10H,(H,8,9). The molecule has 0 spiro atoms. The molecule has 5 heteroatoms. The van der Waals surface area contributed by atoms with Crippen LogP contribution in [0.4, 0.5) is 0 Å². The molecule has 0 aliphatic heterocycles. The van der Waals surface area contributed by atoms with Crippen molar-refractivity contribution in [2.45, 2.75) is 0 Å². The Morgan fingerprint density at radius 1 is 1.73 bits per heavy atom. The summed E-state index contributed by atoms with van der Waals surface area (Å²) < 4.78 is 0. The van der Waals surface area contributed by atoms with E-state index in [4.69, 9.17) is 10.5 Å². The lowest BCUT2D eigenvalue weighted by molar-refractivity contribution is 0.0711. The van der Waals surface area contributed by atoms with Crippen LogP contribution in [0.25, 0.3) is 0 Å². The molecular weight excluding hydrogens is 164 g/mol. The fraction of sp³-hybridized carbons (Fsp3) is 0. The van der Waals surface area contributed by atoms with E-state index in [1.807, 2.05) is 6.07 Å². The van der Waals surface area contributed by atoms with Crippen LogP contribution in [0.1, 0.15) is 14.5 Å². The molecule has 11 heavy (non-hydrogen) atoms. The van der Waals surface area contributed by atoms with Crippen LogP contribution in [0.15, 0.2) is 12.1 Å². The molecule has 0 unspecified atom stereocenters. The molecule has 0 saturated heterocycles. The van der Waals surface area contributed by atoms with Gasteiger partial charge in [-0.2, -0.15) is 5.26 Å². The van der Waals surface area contributed by atoms with Crippen molar-refractivity contribution in [3.8, 4) is 6.07 Å². The number of hydrogen-bond acceptors (Lipinski definition) is 4. The first kappa shape index (κ1) is 7.72. The smallest absolute Gasteiger partial charge is 0.284 e. The number of rotatable bonds is 1. The Balaban J connectivity index is 2.91. The first-order chi connectivity index (χ1) is 5.27. The number of nitrogens with one attached hydrogen (secondary N) is 1. The number of hydroxylamine groups is 1. The molecule has 0 atom stereocenters. The third-order valence-electron chi connectivity index (χ3n) is 1.04. The van der Waals surface area contributed by atoms with Gasteiger partial charge in [0.25, 0.3) is 5.91 Å². The monoisotopic (exact) mass is 168 g/mol. The van der Waals surface area contributed by atoms with Gasteiger partial charge in [-0.3, -0.25) is 10.0 Å². The Morgan fingerprint density at radius 2 is 2.45 bits per heavy atom. The predicted molar refractivity (Wildman–Crippen MR) is 38.3 cm³/mol. The normalized spacial score (nSPS) is 8.73. The molecule has 0 radical (unpaired) electrons. The van der Waals surface area contributed by atoms with Crippen LogP contribution < -0.4 is 5.48 Å². The van der Waals surface area contributed by atoms with Crippen LogP contribution in [0.5, 0.6) is 0 Å². The average Bonchev–Trinajstić information content (AvgIpc) is 2.50. The largest absolute Gasteiger partial charge is 0.288 e. The van der Waals surface area contributed by atoms with E-state index in [2.05, 4.69) is 0 Å². The van der Waals surface area contributed by atoms with Crippen molar-refractivity contribution in [3.63, 3.8) is 0 Å². The van der Waals surface area contributed by atoms with E-state index in [1.54, 1.807) is 0 Å². The lowest BCUT2D eigenvalue weighted by atomic mass is 10.4. The maximum absolute atomic E-state index is 10.7. The summed E-state index contributed by atoms with van der Waals surface area (Å²) in [6.07, 6.45) is 0. The highest BCUT2D eigenvalue weighted by molar-refractivity contribution is 7.14. The highest BCUT2D eigenvalue weighted by Gasteiger charge is 2.06. The zero-order valence-corrected chi connectivity index (χ0v) is 6.18. The van der Waals surface area contributed by atoms with E-state index in [0.29, 0.717) is 9.75 Å². The van der Waals surface area contributed by atoms with Crippen LogP contribution in [-0.2, 0) is 0 Å². The number of amides is 1. The number of nitriles is 1. The molecule has 0 aliphatic rings. The maximum Gasteiger partial charge on any atom is 0.284 e. The molecule has 1 aromatic heterocycles. The van der Waals surface area contributed by atoms with Gasteiger partial charge < -0.3 is 0 Å². The minimum Gasteiger partial charge on any atom is -0.288 e. The quantitative estimate of drug-likeness (QED) is 0.479. The minimum absolute atomic E-state index is 0.323. The summed E-state index contributed by atoms with van der Waals surface area (Å²) in [7, 11) is 0. The van der Waals surface area contributed by atoms with Crippen LogP contribution in [0.3, 0.4) is 0 Å². The molecule has 0 aromatic carbocycles. The van der Waals surface area contributed by atoms with E-state index in [-0.39, 0.29) is 0 Å². The van der Waals surface area contributed by atoms with Crippen molar-refractivity contribution in [3.05, 3.63) is 21.9 Å². The Bertz CT molecular complexity index is 313. The molecule has 1 amide bonds. The van der Waals surface area contributed by atoms with Crippen LogP contribution in [0.2, 0.25) is 0 Å². The molecule has 2 N–H and O–H groups in total. The van der Waals surface area contributed by atoms with Gasteiger partial charge in [0.1, 0.15) is 10.9 Å². The van der Waals surface area contributed by atoms with Crippen molar-refractivity contribution < 1.29 is 10.0 Å². The zero-order valence-electron chi connectivity index (χ0n) is 5.37. The molecule has 0 bridgehead atoms. The maximum atomic E-state index is 10.7. The van der Waals surface area contributed by atoms with Gasteiger partial charge in [-0.05, 0) is 12.1 Å². The lowest BCUT2D eigenvalue weighted by Gasteiger charge is -1.89. The number of thiophene rings is 1. The Labute approximate surface area is 66.7 Å². The number of carbonyl (C=O) groups is 1. The van der Waals surface area contributed by atoms with Crippen molar-refractivity contribution in [1.82, 2.24) is 5.48 Å². The van der Waals surface area contributed by atoms with Crippen molar-refractivity contribution >= 4 is 17.2 Å². The van der Waals surface area contributed by atoms with Gasteiger partial charge in [-0.1, -0.05) is 0 Å². The van der Waals surface area contributed by atoms with Crippen molar-refractivity contribution in [2.75, 3.05) is 0 Å². The highest BCUT2D eigenvalue weighted by Crippen LogP contribution is 2.14. The van der Waals surface area contributed by atoms with E-state index >= 15 is 0 Å². The Morgan fingerprint density at radius 3 is 2.91 bits per heavy atom. The van der Waals surface area contributed by atoms with E-state index in [9.17, 15) is 4.79 Å². The first-order valence-electron chi connectivity index (χ1n) is 2.72. The molecule has 0 aliphatic carbocycles. The number of carbonyl (C=O) groups excluding carboxylic acids is 1. The molecule has 56 valence electrons. The minimum atomic E-state index is -0.587. The van der Waals surface area contributed by atoms with Gasteiger partial charge in [0.2, 0.25) is 0 Å². The van der Waals surface area contributed by atoms with Gasteiger partial charge in [-0.25, -0.2) is 5.48 Å². The molecule has 0 saturated carbocycles. The number of hydrogen-bond donors (Lipinski definition) is 2. The van der Waals surface area contributed by atoms with Gasteiger partial charge >= 0.3 is 0 Å². The molecule has 4 nitrogen and oxygen atoms in total. The van der Waals surface area contributed by atoms with Gasteiger partial charge in [0.05, 0.1) is 4.88 Å². The highest BCUT2D eigenvalue weighted by atomic mass is 32.1. The summed E-state index contributed by atoms with van der Waals surface area (Å²) in [4.78, 5) is 11.5. The van der Waals surface area contributed by atoms with Crippen molar-refractivity contribution in [1.29, 1.82) is 5.26 Å². The fourth-order valence-corrected chi connectivity index (χ4v) is 1.27. The summed E-state index contributed by atoms with van der Waals surface area (Å²) >= 11 is 1.03. The molecule has 1 rings (SSSR count). The van der Waals surface area contributed by atoms with Gasteiger partial charge in [-0.15, -0.1) is 11.3 Å². The van der Waals surface area contributed by atoms with Crippen molar-refractivity contribution in [2.24, 2.45) is 0 Å². The van der Waals surface area contributed by atoms with Crippen LogP contribution in [0, 0.1) is 11.3 Å². The molecular formula is C6H4N2O2S. The van der Waals surface area contributed by atoms with E-state index < -0.39 is 5.91 Å². The Kier molecular flexibility index (Phi) is 2.21. The van der Waals surface area contributed by atoms with E-state index in [0.717, 1.165) is 11.3 Å². The summed E-state index contributed by atoms with van der Waals surface area (Å²) in [5.74, 6) is -0.587. The predicted octanol–water partition coefficient (Wildman–Crippen LogP) is 0.739. The lowest BCUT2D eigenvalue weighted by Crippen LogP contribution is -2.16. The Hall–Kier alpha value is -1.38. The average molecular weight is 168 g/mol. The molecule has 1 heterocycles. The third kappa shape index (κ3) is 1.55. The van der Waals surface area contributed by atoms with Crippen LogP contribution in [-0.4, -0.2) is 11.1 Å². The first-order valence-corrected chi connectivity index (χ1v) is 3.54. The second-order valence-electron chi connectivity index (χ2n) is 1.72. The molecule has 1 aromatic rings. The third-order valence-corrected chi connectivity index (χ3v) is 2.03. The van der Waals surface area contributed by atoms with E-state index in [1.165, 1.54) is 17.6 Å².